The van der Waals surface area contributed by atoms with Gasteiger partial charge in [0.25, 0.3) is 0 Å². The Morgan fingerprint density at radius 1 is 1.56 bits per heavy atom. The second kappa shape index (κ2) is 6.53. The van der Waals surface area contributed by atoms with Crippen molar-refractivity contribution < 1.29 is 9.90 Å². The normalized spacial score (nSPS) is 15.2. The highest BCUT2D eigenvalue weighted by atomic mass is 32.1. The van der Waals surface area contributed by atoms with Crippen molar-refractivity contribution in [2.24, 2.45) is 5.92 Å². The van der Waals surface area contributed by atoms with Gasteiger partial charge < -0.3 is 10.4 Å². The summed E-state index contributed by atoms with van der Waals surface area (Å²) in [6.45, 7) is -0.165. The third-order valence-electron chi connectivity index (χ3n) is 2.99. The maximum atomic E-state index is 11.8. The van der Waals surface area contributed by atoms with Crippen LogP contribution in [0.15, 0.2) is 6.20 Å². The number of aliphatic hydroxyl groups excluding tert-OH is 1. The van der Waals surface area contributed by atoms with Crippen molar-refractivity contribution in [3.63, 3.8) is 0 Å². The fraction of sp³-hybridized carbons (Fsp3) is 0.538. The van der Waals surface area contributed by atoms with Gasteiger partial charge in [0.15, 0.2) is 5.13 Å². The van der Waals surface area contributed by atoms with Gasteiger partial charge in [-0.1, -0.05) is 36.0 Å². The number of thiazole rings is 1. The van der Waals surface area contributed by atoms with Gasteiger partial charge in [0, 0.05) is 6.42 Å². The van der Waals surface area contributed by atoms with E-state index in [2.05, 4.69) is 22.1 Å². The summed E-state index contributed by atoms with van der Waals surface area (Å²) in [7, 11) is 0. The molecule has 0 aromatic carbocycles. The first-order chi connectivity index (χ1) is 8.78. The van der Waals surface area contributed by atoms with Gasteiger partial charge in [-0.2, -0.15) is 0 Å². The summed E-state index contributed by atoms with van der Waals surface area (Å²) in [6, 6.07) is 0. The molecule has 1 heterocycles. The zero-order valence-electron chi connectivity index (χ0n) is 10.1. The average Bonchev–Trinajstić information content (AvgIpc) is 2.98. The van der Waals surface area contributed by atoms with Gasteiger partial charge in [-0.05, 0) is 18.8 Å². The van der Waals surface area contributed by atoms with E-state index < -0.39 is 0 Å². The van der Waals surface area contributed by atoms with E-state index in [1.165, 1.54) is 37.0 Å². The van der Waals surface area contributed by atoms with Crippen LogP contribution in [0.1, 0.15) is 37.0 Å². The molecule has 96 valence electrons. The first-order valence-electron chi connectivity index (χ1n) is 6.13. The first kappa shape index (κ1) is 13.1. The Balaban J connectivity index is 1.84. The van der Waals surface area contributed by atoms with Crippen LogP contribution in [0.2, 0.25) is 0 Å². The van der Waals surface area contributed by atoms with Gasteiger partial charge in [0.2, 0.25) is 5.91 Å². The quantitative estimate of drug-likeness (QED) is 0.821. The summed E-state index contributed by atoms with van der Waals surface area (Å²) in [5, 5.41) is 12.0. The van der Waals surface area contributed by atoms with Gasteiger partial charge in [0.05, 0.1) is 11.1 Å². The smallest absolute Gasteiger partial charge is 0.226 e. The van der Waals surface area contributed by atoms with Crippen molar-refractivity contribution in [1.29, 1.82) is 0 Å². The summed E-state index contributed by atoms with van der Waals surface area (Å²) < 4.78 is 0. The van der Waals surface area contributed by atoms with E-state index in [4.69, 9.17) is 5.11 Å². The lowest BCUT2D eigenvalue weighted by Gasteiger charge is -2.07. The number of rotatable bonds is 3. The Bertz CT molecular complexity index is 467. The van der Waals surface area contributed by atoms with E-state index >= 15 is 0 Å². The van der Waals surface area contributed by atoms with Crippen LogP contribution < -0.4 is 5.32 Å². The zero-order chi connectivity index (χ0) is 12.8. The minimum atomic E-state index is -0.165. The molecule has 18 heavy (non-hydrogen) atoms. The van der Waals surface area contributed by atoms with E-state index in [-0.39, 0.29) is 12.5 Å². The van der Waals surface area contributed by atoms with E-state index in [0.717, 1.165) is 4.88 Å². The van der Waals surface area contributed by atoms with Crippen LogP contribution >= 0.6 is 11.3 Å². The maximum absolute atomic E-state index is 11.8. The first-order valence-corrected chi connectivity index (χ1v) is 6.95. The molecule has 0 radical (unpaired) electrons. The number of carbonyl (C=O) groups excluding carboxylic acids is 1. The second-order valence-corrected chi connectivity index (χ2v) is 5.42. The number of carbonyl (C=O) groups is 1. The average molecular weight is 264 g/mol. The lowest BCUT2D eigenvalue weighted by Crippen LogP contribution is -2.14. The number of hydrogen-bond donors (Lipinski definition) is 2. The number of aliphatic hydroxyl groups is 1. The summed E-state index contributed by atoms with van der Waals surface area (Å²) in [5.74, 6) is 5.90. The molecular formula is C13H16N2O2S. The summed E-state index contributed by atoms with van der Waals surface area (Å²) in [5.41, 5.74) is 0. The number of nitrogens with one attached hydrogen (secondary N) is 1. The number of anilines is 1. The largest absolute Gasteiger partial charge is 0.384 e. The molecule has 1 aromatic heterocycles. The molecule has 2 rings (SSSR count). The Morgan fingerprint density at radius 3 is 3.06 bits per heavy atom. The lowest BCUT2D eigenvalue weighted by molar-refractivity contribution is -0.117. The summed E-state index contributed by atoms with van der Waals surface area (Å²) in [6.07, 6.45) is 7.03. The predicted octanol–water partition coefficient (Wildman–Crippen LogP) is 2.01. The van der Waals surface area contributed by atoms with Crippen LogP contribution in [-0.4, -0.2) is 22.6 Å². The topological polar surface area (TPSA) is 62.2 Å². The Hall–Kier alpha value is -1.38. The second-order valence-electron chi connectivity index (χ2n) is 4.39. The molecular weight excluding hydrogens is 248 g/mol. The molecule has 1 saturated carbocycles. The van der Waals surface area contributed by atoms with E-state index in [0.29, 0.717) is 17.5 Å². The van der Waals surface area contributed by atoms with Crippen molar-refractivity contribution >= 4 is 22.4 Å². The third kappa shape index (κ3) is 3.83. The molecule has 0 spiro atoms. The van der Waals surface area contributed by atoms with Crippen molar-refractivity contribution in [3.05, 3.63) is 11.1 Å². The fourth-order valence-electron chi connectivity index (χ4n) is 2.16. The third-order valence-corrected chi connectivity index (χ3v) is 3.82. The molecule has 0 atom stereocenters. The number of hydrogen-bond acceptors (Lipinski definition) is 4. The zero-order valence-corrected chi connectivity index (χ0v) is 10.9. The molecule has 1 aromatic rings. The van der Waals surface area contributed by atoms with Crippen molar-refractivity contribution in [2.45, 2.75) is 32.1 Å². The fourth-order valence-corrected chi connectivity index (χ4v) is 2.87. The number of aromatic nitrogens is 1. The molecule has 0 aliphatic heterocycles. The highest BCUT2D eigenvalue weighted by molar-refractivity contribution is 7.16. The molecule has 4 nitrogen and oxygen atoms in total. The summed E-state index contributed by atoms with van der Waals surface area (Å²) >= 11 is 1.33. The van der Waals surface area contributed by atoms with Gasteiger partial charge in [-0.25, -0.2) is 4.98 Å². The minimum Gasteiger partial charge on any atom is -0.384 e. The van der Waals surface area contributed by atoms with E-state index in [9.17, 15) is 4.79 Å². The maximum Gasteiger partial charge on any atom is 0.226 e. The van der Waals surface area contributed by atoms with Crippen LogP contribution in [-0.2, 0) is 4.79 Å². The number of amides is 1. The van der Waals surface area contributed by atoms with Crippen LogP contribution in [0.25, 0.3) is 0 Å². The van der Waals surface area contributed by atoms with Crippen molar-refractivity contribution in [2.75, 3.05) is 11.9 Å². The highest BCUT2D eigenvalue weighted by Gasteiger charge is 2.18. The van der Waals surface area contributed by atoms with Gasteiger partial charge in [-0.15, -0.1) is 0 Å². The van der Waals surface area contributed by atoms with Crippen LogP contribution in [0.5, 0.6) is 0 Å². The minimum absolute atomic E-state index is 0.0397. The highest BCUT2D eigenvalue weighted by Crippen LogP contribution is 2.28. The molecule has 1 aliphatic rings. The van der Waals surface area contributed by atoms with Gasteiger partial charge >= 0.3 is 0 Å². The van der Waals surface area contributed by atoms with Gasteiger partial charge in [-0.3, -0.25) is 4.79 Å². The van der Waals surface area contributed by atoms with Crippen LogP contribution in [0.4, 0.5) is 5.13 Å². The van der Waals surface area contributed by atoms with E-state index in [1.54, 1.807) is 6.20 Å². The SMILES string of the molecule is O=C(CC1CCCC1)Nc1ncc(C#CCO)s1. The molecule has 1 fully saturated rings. The molecule has 5 heteroatoms. The lowest BCUT2D eigenvalue weighted by atomic mass is 10.0. The monoisotopic (exact) mass is 264 g/mol. The summed E-state index contributed by atoms with van der Waals surface area (Å²) in [4.78, 5) is 16.6. The Morgan fingerprint density at radius 2 is 2.33 bits per heavy atom. The molecule has 0 bridgehead atoms. The molecule has 1 amide bonds. The molecule has 0 unspecified atom stereocenters. The van der Waals surface area contributed by atoms with Crippen molar-refractivity contribution in [3.8, 4) is 11.8 Å². The Labute approximate surface area is 110 Å². The van der Waals surface area contributed by atoms with Crippen LogP contribution in [0.3, 0.4) is 0 Å². The number of nitrogens with zero attached hydrogens (tertiary/aromatic N) is 1. The molecule has 0 saturated heterocycles. The van der Waals surface area contributed by atoms with Crippen molar-refractivity contribution in [1.82, 2.24) is 4.98 Å². The molecule has 2 N–H and O–H groups in total. The standard InChI is InChI=1S/C13H16N2O2S/c16-7-3-6-11-9-14-13(18-11)15-12(17)8-10-4-1-2-5-10/h9-10,16H,1-2,4-5,7-8H2,(H,14,15,17). The van der Waals surface area contributed by atoms with E-state index in [1.807, 2.05) is 0 Å². The van der Waals surface area contributed by atoms with Crippen LogP contribution in [0, 0.1) is 17.8 Å². The predicted molar refractivity (Wildman–Crippen MR) is 71.3 cm³/mol. The molecule has 1 aliphatic carbocycles. The van der Waals surface area contributed by atoms with Gasteiger partial charge in [0.1, 0.15) is 6.61 Å². The Kier molecular flexibility index (Phi) is 4.73.